The Kier molecular flexibility index (Phi) is 2.89. The van der Waals surface area contributed by atoms with Gasteiger partial charge in [-0.2, -0.15) is 0 Å². The van der Waals surface area contributed by atoms with Gasteiger partial charge in [0.05, 0.1) is 4.92 Å². The van der Waals surface area contributed by atoms with Gasteiger partial charge in [0.2, 0.25) is 0 Å². The Hall–Kier alpha value is -1.38. The first-order chi connectivity index (χ1) is 6.49. The molecule has 14 heavy (non-hydrogen) atoms. The molecule has 0 spiro atoms. The fourth-order valence-electron chi connectivity index (χ4n) is 2.04. The van der Waals surface area contributed by atoms with Crippen molar-refractivity contribution < 1.29 is 4.92 Å². The number of hydrogen-bond acceptors (Lipinski definition) is 2. The number of aryl methyl sites for hydroxylation is 2. The van der Waals surface area contributed by atoms with E-state index in [1.807, 2.05) is 26.8 Å². The molecule has 3 heteroatoms. The molecule has 0 aliphatic heterocycles. The van der Waals surface area contributed by atoms with Crippen LogP contribution in [0.3, 0.4) is 0 Å². The molecule has 0 aliphatic carbocycles. The highest BCUT2D eigenvalue weighted by atomic mass is 16.6. The van der Waals surface area contributed by atoms with E-state index in [1.165, 1.54) is 0 Å². The number of nitro groups is 1. The second-order valence-corrected chi connectivity index (χ2v) is 3.57. The van der Waals surface area contributed by atoms with E-state index in [-0.39, 0.29) is 10.6 Å². The number of nitro benzene ring substituents is 1. The smallest absolute Gasteiger partial charge is 0.258 e. The minimum Gasteiger partial charge on any atom is -0.258 e. The Morgan fingerprint density at radius 2 is 1.86 bits per heavy atom. The fraction of sp³-hybridized carbons (Fsp3) is 0.455. The van der Waals surface area contributed by atoms with Crippen molar-refractivity contribution in [3.63, 3.8) is 0 Å². The summed E-state index contributed by atoms with van der Waals surface area (Å²) in [5, 5.41) is 10.8. The topological polar surface area (TPSA) is 43.1 Å². The third-order valence-electron chi connectivity index (χ3n) is 2.63. The Balaban J connectivity index is 3.52. The number of rotatable bonds is 2. The van der Waals surface area contributed by atoms with E-state index in [0.717, 1.165) is 28.7 Å². The third kappa shape index (κ3) is 1.62. The molecule has 0 saturated carbocycles. The molecular formula is C11H15NO2. The van der Waals surface area contributed by atoms with Crippen LogP contribution in [0.15, 0.2) is 6.07 Å². The van der Waals surface area contributed by atoms with E-state index >= 15 is 0 Å². The van der Waals surface area contributed by atoms with Gasteiger partial charge in [-0.05, 0) is 44.4 Å². The normalized spacial score (nSPS) is 10.3. The van der Waals surface area contributed by atoms with Crippen molar-refractivity contribution in [1.29, 1.82) is 0 Å². The first kappa shape index (κ1) is 10.7. The van der Waals surface area contributed by atoms with Gasteiger partial charge in [-0.3, -0.25) is 10.1 Å². The second kappa shape index (κ2) is 3.78. The molecular weight excluding hydrogens is 178 g/mol. The molecule has 1 rings (SSSR count). The molecule has 0 atom stereocenters. The summed E-state index contributed by atoms with van der Waals surface area (Å²) < 4.78 is 0. The second-order valence-electron chi connectivity index (χ2n) is 3.57. The van der Waals surface area contributed by atoms with E-state index in [4.69, 9.17) is 0 Å². The lowest BCUT2D eigenvalue weighted by Crippen LogP contribution is -2.01. The molecule has 0 fully saturated rings. The van der Waals surface area contributed by atoms with Gasteiger partial charge in [-0.25, -0.2) is 0 Å². The maximum Gasteiger partial charge on any atom is 0.275 e. The highest BCUT2D eigenvalue weighted by Gasteiger charge is 2.18. The monoisotopic (exact) mass is 193 g/mol. The van der Waals surface area contributed by atoms with Crippen LogP contribution in [0.5, 0.6) is 0 Å². The Labute approximate surface area is 83.9 Å². The number of benzene rings is 1. The van der Waals surface area contributed by atoms with Crippen LogP contribution in [0.4, 0.5) is 5.69 Å². The summed E-state index contributed by atoms with van der Waals surface area (Å²) in [5.41, 5.74) is 4.08. The Morgan fingerprint density at radius 3 is 2.29 bits per heavy atom. The van der Waals surface area contributed by atoms with Gasteiger partial charge in [-0.1, -0.05) is 6.92 Å². The lowest BCUT2D eigenvalue weighted by molar-refractivity contribution is -0.386. The molecule has 0 bridgehead atoms. The maximum atomic E-state index is 10.8. The predicted molar refractivity (Wildman–Crippen MR) is 56.7 cm³/mol. The van der Waals surface area contributed by atoms with Crippen LogP contribution in [0.2, 0.25) is 0 Å². The van der Waals surface area contributed by atoms with Gasteiger partial charge in [0.25, 0.3) is 5.69 Å². The van der Waals surface area contributed by atoms with Crippen LogP contribution in [0, 0.1) is 30.9 Å². The molecule has 0 N–H and O–H groups in total. The van der Waals surface area contributed by atoms with Gasteiger partial charge in [-0.15, -0.1) is 0 Å². The first-order valence-corrected chi connectivity index (χ1v) is 4.73. The summed E-state index contributed by atoms with van der Waals surface area (Å²) in [6.07, 6.45) is 0.846. The lowest BCUT2D eigenvalue weighted by atomic mass is 9.96. The van der Waals surface area contributed by atoms with Crippen molar-refractivity contribution >= 4 is 5.69 Å². The van der Waals surface area contributed by atoms with Crippen molar-refractivity contribution in [3.8, 4) is 0 Å². The van der Waals surface area contributed by atoms with Crippen LogP contribution >= 0.6 is 0 Å². The van der Waals surface area contributed by atoms with Gasteiger partial charge in [0.15, 0.2) is 0 Å². The van der Waals surface area contributed by atoms with Gasteiger partial charge >= 0.3 is 0 Å². The lowest BCUT2D eigenvalue weighted by Gasteiger charge is -2.10. The number of hydrogen-bond donors (Lipinski definition) is 0. The van der Waals surface area contributed by atoms with Crippen LogP contribution in [-0.4, -0.2) is 4.92 Å². The van der Waals surface area contributed by atoms with Crippen LogP contribution in [-0.2, 0) is 6.42 Å². The molecule has 0 saturated heterocycles. The van der Waals surface area contributed by atoms with Gasteiger partial charge < -0.3 is 0 Å². The highest BCUT2D eigenvalue weighted by molar-refractivity contribution is 5.53. The van der Waals surface area contributed by atoms with E-state index < -0.39 is 0 Å². The zero-order chi connectivity index (χ0) is 10.9. The molecule has 1 aromatic rings. The van der Waals surface area contributed by atoms with Crippen LogP contribution in [0.1, 0.15) is 29.2 Å². The van der Waals surface area contributed by atoms with Crippen molar-refractivity contribution in [3.05, 3.63) is 38.4 Å². The van der Waals surface area contributed by atoms with Crippen molar-refractivity contribution in [2.45, 2.75) is 34.1 Å². The minimum atomic E-state index is -0.288. The van der Waals surface area contributed by atoms with E-state index in [1.54, 1.807) is 6.92 Å². The molecule has 0 radical (unpaired) electrons. The Morgan fingerprint density at radius 1 is 1.29 bits per heavy atom. The summed E-state index contributed by atoms with van der Waals surface area (Å²) in [7, 11) is 0. The summed E-state index contributed by atoms with van der Waals surface area (Å²) in [6, 6.07) is 1.89. The summed E-state index contributed by atoms with van der Waals surface area (Å²) in [5.74, 6) is 0. The largest absolute Gasteiger partial charge is 0.275 e. The zero-order valence-corrected chi connectivity index (χ0v) is 9.05. The third-order valence-corrected chi connectivity index (χ3v) is 2.63. The van der Waals surface area contributed by atoms with E-state index in [9.17, 15) is 10.1 Å². The maximum absolute atomic E-state index is 10.8. The standard InChI is InChI=1S/C11H15NO2/c1-5-10-7(2)6-8(3)11(9(10)4)12(13)14/h6H,5H2,1-4H3. The van der Waals surface area contributed by atoms with E-state index in [2.05, 4.69) is 0 Å². The molecule has 3 nitrogen and oxygen atoms in total. The zero-order valence-electron chi connectivity index (χ0n) is 9.05. The molecule has 76 valence electrons. The molecule has 0 unspecified atom stereocenters. The SMILES string of the molecule is CCc1c(C)cc(C)c([N+](=O)[O-])c1C. The van der Waals surface area contributed by atoms with Crippen molar-refractivity contribution in [2.75, 3.05) is 0 Å². The van der Waals surface area contributed by atoms with Gasteiger partial charge in [0, 0.05) is 11.1 Å². The summed E-state index contributed by atoms with van der Waals surface area (Å²) in [4.78, 5) is 10.5. The average molecular weight is 193 g/mol. The van der Waals surface area contributed by atoms with E-state index in [0.29, 0.717) is 0 Å². The molecule has 0 heterocycles. The summed E-state index contributed by atoms with van der Waals surface area (Å²) in [6.45, 7) is 7.64. The van der Waals surface area contributed by atoms with Gasteiger partial charge in [0.1, 0.15) is 0 Å². The van der Waals surface area contributed by atoms with Crippen molar-refractivity contribution in [2.24, 2.45) is 0 Å². The summed E-state index contributed by atoms with van der Waals surface area (Å²) >= 11 is 0. The molecule has 0 amide bonds. The molecule has 0 aromatic heterocycles. The highest BCUT2D eigenvalue weighted by Crippen LogP contribution is 2.28. The number of nitrogens with zero attached hydrogens (tertiary/aromatic N) is 1. The predicted octanol–water partition coefficient (Wildman–Crippen LogP) is 3.08. The fourth-order valence-corrected chi connectivity index (χ4v) is 2.04. The van der Waals surface area contributed by atoms with Crippen LogP contribution < -0.4 is 0 Å². The minimum absolute atomic E-state index is 0.271. The average Bonchev–Trinajstić information content (AvgIpc) is 2.02. The Bertz CT molecular complexity index is 383. The van der Waals surface area contributed by atoms with Crippen molar-refractivity contribution in [1.82, 2.24) is 0 Å². The molecule has 0 aliphatic rings. The first-order valence-electron chi connectivity index (χ1n) is 4.73. The quantitative estimate of drug-likeness (QED) is 0.535. The van der Waals surface area contributed by atoms with Crippen LogP contribution in [0.25, 0.3) is 0 Å². The molecule has 1 aromatic carbocycles.